The molecule has 0 aromatic carbocycles. The third kappa shape index (κ3) is 7.94. The van der Waals surface area contributed by atoms with Gasteiger partial charge in [0.1, 0.15) is 0 Å². The van der Waals surface area contributed by atoms with Crippen LogP contribution in [0.5, 0.6) is 0 Å². The summed E-state index contributed by atoms with van der Waals surface area (Å²) in [6.07, 6.45) is 12.9. The van der Waals surface area contributed by atoms with E-state index in [1.54, 1.807) is 11.8 Å². The van der Waals surface area contributed by atoms with Crippen molar-refractivity contribution in [2.45, 2.75) is 96.8 Å². The predicted octanol–water partition coefficient (Wildman–Crippen LogP) is 5.20. The molecule has 0 aliphatic heterocycles. The fourth-order valence-corrected chi connectivity index (χ4v) is 5.68. The molecule has 2 rings (SSSR count). The largest absolute Gasteiger partial charge is 0.392 e. The molecule has 31 heavy (non-hydrogen) atoms. The second-order valence-corrected chi connectivity index (χ2v) is 12.0. The molecule has 5 heteroatoms. The Morgan fingerprint density at radius 2 is 2.03 bits per heavy atom. The van der Waals surface area contributed by atoms with E-state index in [0.717, 1.165) is 44.3 Å². The van der Waals surface area contributed by atoms with Crippen LogP contribution in [0.3, 0.4) is 0 Å². The van der Waals surface area contributed by atoms with Crippen LogP contribution in [0.1, 0.15) is 79.6 Å². The summed E-state index contributed by atoms with van der Waals surface area (Å²) in [4.78, 5) is 14.1. The van der Waals surface area contributed by atoms with Gasteiger partial charge in [-0.2, -0.15) is 11.8 Å². The highest BCUT2D eigenvalue weighted by molar-refractivity contribution is 7.99. The van der Waals surface area contributed by atoms with Crippen LogP contribution >= 0.6 is 11.8 Å². The summed E-state index contributed by atoms with van der Waals surface area (Å²) in [5.74, 6) is 2.85. The van der Waals surface area contributed by atoms with Gasteiger partial charge in [0.2, 0.25) is 5.91 Å². The zero-order valence-electron chi connectivity index (χ0n) is 20.6. The lowest BCUT2D eigenvalue weighted by molar-refractivity contribution is -0.131. The Hall–Kier alpha value is -0.780. The summed E-state index contributed by atoms with van der Waals surface area (Å²) >= 11 is 1.72. The number of nitrogens with zero attached hydrogens (tertiary/aromatic N) is 1. The van der Waals surface area contributed by atoms with Crippen molar-refractivity contribution in [1.29, 1.82) is 0 Å². The van der Waals surface area contributed by atoms with Crippen molar-refractivity contribution in [3.05, 3.63) is 23.8 Å². The topological polar surface area (TPSA) is 60.8 Å². The van der Waals surface area contributed by atoms with Crippen molar-refractivity contribution < 1.29 is 15.0 Å². The summed E-state index contributed by atoms with van der Waals surface area (Å²) < 4.78 is 0. The molecule has 178 valence electrons. The Labute approximate surface area is 194 Å². The van der Waals surface area contributed by atoms with E-state index < -0.39 is 5.60 Å². The van der Waals surface area contributed by atoms with E-state index >= 15 is 0 Å². The minimum absolute atomic E-state index is 0.129. The summed E-state index contributed by atoms with van der Waals surface area (Å²) in [7, 11) is 1.88. The highest BCUT2D eigenvalue weighted by Crippen LogP contribution is 2.48. The van der Waals surface area contributed by atoms with E-state index in [2.05, 4.69) is 45.9 Å². The van der Waals surface area contributed by atoms with Gasteiger partial charge in [-0.3, -0.25) is 4.79 Å². The molecule has 4 nitrogen and oxygen atoms in total. The molecule has 1 saturated carbocycles. The van der Waals surface area contributed by atoms with E-state index in [9.17, 15) is 15.0 Å². The lowest BCUT2D eigenvalue weighted by Gasteiger charge is -2.32. The van der Waals surface area contributed by atoms with Crippen LogP contribution in [0.15, 0.2) is 23.8 Å². The number of rotatable bonds is 11. The van der Waals surface area contributed by atoms with Crippen LogP contribution in [0, 0.1) is 17.8 Å². The van der Waals surface area contributed by atoms with Crippen molar-refractivity contribution in [2.75, 3.05) is 18.6 Å². The monoisotopic (exact) mass is 451 g/mol. The van der Waals surface area contributed by atoms with Crippen molar-refractivity contribution >= 4 is 17.7 Å². The molecule has 0 spiro atoms. The predicted molar refractivity (Wildman–Crippen MR) is 132 cm³/mol. The molecule has 0 aromatic heterocycles. The minimum Gasteiger partial charge on any atom is -0.392 e. The first-order valence-electron chi connectivity index (χ1n) is 12.1. The number of carbonyl (C=O) groups excluding carboxylic acids is 1. The summed E-state index contributed by atoms with van der Waals surface area (Å²) in [6, 6.07) is 0. The lowest BCUT2D eigenvalue weighted by atomic mass is 9.88. The Balaban J connectivity index is 1.77. The van der Waals surface area contributed by atoms with Gasteiger partial charge >= 0.3 is 0 Å². The van der Waals surface area contributed by atoms with Crippen molar-refractivity contribution in [2.24, 2.45) is 17.8 Å². The third-order valence-electron chi connectivity index (χ3n) is 7.11. The molecule has 2 aliphatic rings. The standard InChI is InChI=1S/C26H45NO3S/c1-7-8-12-26(5,30)13-9-10-21-22-16-19(15-20(22)17-23(21)28)11-14-31-18-24(29)27(6)25(2,3)4/h9-10,15,20-23,28,30H,7-8,11-14,16-18H2,1-6H3/b10-9+/t20-,21+,22-,23+,26-/m0/s1. The molecule has 0 bridgehead atoms. The molecule has 0 aromatic rings. The van der Waals surface area contributed by atoms with E-state index in [4.69, 9.17) is 0 Å². The fraction of sp³-hybridized carbons (Fsp3) is 0.808. The number of allylic oxidation sites excluding steroid dienone is 2. The van der Waals surface area contributed by atoms with Crippen LogP contribution in [0.2, 0.25) is 0 Å². The Bertz CT molecular complexity index is 650. The fourth-order valence-electron chi connectivity index (χ4n) is 4.76. The van der Waals surface area contributed by atoms with E-state index in [1.165, 1.54) is 5.57 Å². The number of hydrogen-bond acceptors (Lipinski definition) is 4. The summed E-state index contributed by atoms with van der Waals surface area (Å²) in [6.45, 7) is 10.2. The molecular formula is C26H45NO3S. The van der Waals surface area contributed by atoms with Gasteiger partial charge in [-0.25, -0.2) is 0 Å². The van der Waals surface area contributed by atoms with Crippen molar-refractivity contribution in [3.8, 4) is 0 Å². The second kappa shape index (κ2) is 11.4. The van der Waals surface area contributed by atoms with Gasteiger partial charge in [0, 0.05) is 18.5 Å². The van der Waals surface area contributed by atoms with Gasteiger partial charge in [-0.1, -0.05) is 43.6 Å². The number of carbonyl (C=O) groups is 1. The molecule has 0 radical (unpaired) electrons. The van der Waals surface area contributed by atoms with Crippen molar-refractivity contribution in [1.82, 2.24) is 4.90 Å². The molecule has 0 saturated heterocycles. The Morgan fingerprint density at radius 3 is 2.68 bits per heavy atom. The van der Waals surface area contributed by atoms with E-state index in [-0.39, 0.29) is 23.5 Å². The smallest absolute Gasteiger partial charge is 0.232 e. The first-order chi connectivity index (χ1) is 14.4. The highest BCUT2D eigenvalue weighted by atomic mass is 32.2. The SMILES string of the molecule is CCCC[C@](C)(O)C/C=C/[C@@H]1[C@H]2CC(CCSCC(=O)N(C)C(C)(C)C)=C[C@H]2C[C@H]1O. The summed E-state index contributed by atoms with van der Waals surface area (Å²) in [5, 5.41) is 21.1. The molecule has 0 heterocycles. The van der Waals surface area contributed by atoms with E-state index in [0.29, 0.717) is 24.0 Å². The van der Waals surface area contributed by atoms with Gasteiger partial charge in [-0.15, -0.1) is 0 Å². The zero-order valence-corrected chi connectivity index (χ0v) is 21.4. The molecule has 0 unspecified atom stereocenters. The summed E-state index contributed by atoms with van der Waals surface area (Å²) in [5.41, 5.74) is 0.708. The zero-order chi connectivity index (χ0) is 23.2. The first-order valence-corrected chi connectivity index (χ1v) is 13.2. The molecule has 1 fully saturated rings. The minimum atomic E-state index is -0.649. The number of unbranched alkanes of at least 4 members (excludes halogenated alkanes) is 1. The number of hydrogen-bond donors (Lipinski definition) is 2. The van der Waals surface area contributed by atoms with Crippen LogP contribution in [-0.2, 0) is 4.79 Å². The molecule has 2 aliphatic carbocycles. The molecular weight excluding hydrogens is 406 g/mol. The van der Waals surface area contributed by atoms with Crippen LogP contribution in [0.25, 0.3) is 0 Å². The maximum Gasteiger partial charge on any atom is 0.232 e. The van der Waals surface area contributed by atoms with Crippen molar-refractivity contribution in [3.63, 3.8) is 0 Å². The van der Waals surface area contributed by atoms with E-state index in [1.807, 2.05) is 18.9 Å². The number of amides is 1. The highest BCUT2D eigenvalue weighted by Gasteiger charge is 2.43. The number of thioether (sulfide) groups is 1. The molecule has 1 amide bonds. The molecule has 2 N–H and O–H groups in total. The van der Waals surface area contributed by atoms with Gasteiger partial charge in [0.25, 0.3) is 0 Å². The Kier molecular flexibility index (Phi) is 9.72. The van der Waals surface area contributed by atoms with Crippen LogP contribution < -0.4 is 0 Å². The number of fused-ring (bicyclic) bond motifs is 1. The normalized spacial score (nSPS) is 27.9. The van der Waals surface area contributed by atoms with Gasteiger partial charge in [0.05, 0.1) is 17.5 Å². The Morgan fingerprint density at radius 1 is 1.32 bits per heavy atom. The van der Waals surface area contributed by atoms with Gasteiger partial charge < -0.3 is 15.1 Å². The molecule has 5 atom stereocenters. The first kappa shape index (κ1) is 26.5. The number of aliphatic hydroxyl groups excluding tert-OH is 1. The lowest BCUT2D eigenvalue weighted by Crippen LogP contribution is -2.43. The van der Waals surface area contributed by atoms with Crippen LogP contribution in [-0.4, -0.2) is 56.8 Å². The van der Waals surface area contributed by atoms with Crippen LogP contribution in [0.4, 0.5) is 0 Å². The second-order valence-electron chi connectivity index (χ2n) is 10.9. The maximum atomic E-state index is 12.3. The average molecular weight is 452 g/mol. The van der Waals surface area contributed by atoms with Gasteiger partial charge in [-0.05, 0) is 77.4 Å². The average Bonchev–Trinajstić information content (AvgIpc) is 3.19. The quantitative estimate of drug-likeness (QED) is 0.335. The van der Waals surface area contributed by atoms with Gasteiger partial charge in [0.15, 0.2) is 0 Å². The number of aliphatic hydroxyl groups is 2. The maximum absolute atomic E-state index is 12.3. The third-order valence-corrected chi connectivity index (χ3v) is 8.05.